The SMILES string of the molecule is CC(NC(=O)c1ccc(C(N)=O)cc1)c1ccc(-c2ccccc2)cc1. The van der Waals surface area contributed by atoms with E-state index in [0.29, 0.717) is 11.1 Å². The predicted octanol–water partition coefficient (Wildman–Crippen LogP) is 3.94. The molecule has 0 aliphatic rings. The van der Waals surface area contributed by atoms with Crippen LogP contribution in [0.25, 0.3) is 11.1 Å². The van der Waals surface area contributed by atoms with E-state index in [0.717, 1.165) is 16.7 Å². The van der Waals surface area contributed by atoms with Crippen molar-refractivity contribution < 1.29 is 9.59 Å². The molecule has 0 aromatic heterocycles. The van der Waals surface area contributed by atoms with E-state index in [1.165, 1.54) is 0 Å². The van der Waals surface area contributed by atoms with Crippen LogP contribution in [-0.2, 0) is 0 Å². The van der Waals surface area contributed by atoms with Gasteiger partial charge in [0, 0.05) is 11.1 Å². The second kappa shape index (κ2) is 7.66. The number of nitrogens with one attached hydrogen (secondary N) is 1. The van der Waals surface area contributed by atoms with Crippen LogP contribution in [0.1, 0.15) is 39.2 Å². The molecule has 0 aliphatic heterocycles. The van der Waals surface area contributed by atoms with E-state index in [2.05, 4.69) is 29.6 Å². The molecule has 0 spiro atoms. The Labute approximate surface area is 152 Å². The first kappa shape index (κ1) is 17.4. The van der Waals surface area contributed by atoms with E-state index in [1.807, 2.05) is 37.3 Å². The van der Waals surface area contributed by atoms with E-state index in [9.17, 15) is 9.59 Å². The third kappa shape index (κ3) is 3.98. The molecule has 3 aromatic carbocycles. The number of hydrogen-bond acceptors (Lipinski definition) is 2. The summed E-state index contributed by atoms with van der Waals surface area (Å²) in [6, 6.07) is 24.4. The third-order valence-corrected chi connectivity index (χ3v) is 4.30. The molecule has 0 saturated carbocycles. The molecule has 0 saturated heterocycles. The number of rotatable bonds is 5. The molecular formula is C22H20N2O2. The van der Waals surface area contributed by atoms with Gasteiger partial charge in [0.1, 0.15) is 0 Å². The van der Waals surface area contributed by atoms with Crippen molar-refractivity contribution >= 4 is 11.8 Å². The molecular weight excluding hydrogens is 324 g/mol. The standard InChI is InChI=1S/C22H20N2O2/c1-15(24-22(26)20-13-11-19(12-14-20)21(23)25)16-7-9-18(10-8-16)17-5-3-2-4-6-17/h2-15H,1H3,(H2,23,25)(H,24,26). The second-order valence-corrected chi connectivity index (χ2v) is 6.12. The Hall–Kier alpha value is -3.40. The van der Waals surface area contributed by atoms with Crippen LogP contribution >= 0.6 is 0 Å². The van der Waals surface area contributed by atoms with Gasteiger partial charge in [0.15, 0.2) is 0 Å². The zero-order valence-electron chi connectivity index (χ0n) is 14.5. The molecule has 1 atom stereocenters. The Kier molecular flexibility index (Phi) is 5.13. The summed E-state index contributed by atoms with van der Waals surface area (Å²) >= 11 is 0. The van der Waals surface area contributed by atoms with Crippen LogP contribution in [0.15, 0.2) is 78.9 Å². The topological polar surface area (TPSA) is 72.2 Å². The molecule has 4 nitrogen and oxygen atoms in total. The lowest BCUT2D eigenvalue weighted by atomic mass is 10.0. The van der Waals surface area contributed by atoms with Crippen molar-refractivity contribution in [3.8, 4) is 11.1 Å². The van der Waals surface area contributed by atoms with Crippen LogP contribution < -0.4 is 11.1 Å². The maximum atomic E-state index is 12.4. The molecule has 1 unspecified atom stereocenters. The lowest BCUT2D eigenvalue weighted by Gasteiger charge is -2.15. The van der Waals surface area contributed by atoms with Crippen LogP contribution in [0.4, 0.5) is 0 Å². The van der Waals surface area contributed by atoms with Crippen molar-refractivity contribution in [2.45, 2.75) is 13.0 Å². The predicted molar refractivity (Wildman–Crippen MR) is 103 cm³/mol. The molecule has 4 heteroatoms. The highest BCUT2D eigenvalue weighted by atomic mass is 16.2. The van der Waals surface area contributed by atoms with Crippen molar-refractivity contribution in [3.05, 3.63) is 95.6 Å². The zero-order valence-corrected chi connectivity index (χ0v) is 14.5. The lowest BCUT2D eigenvalue weighted by molar-refractivity contribution is 0.0937. The van der Waals surface area contributed by atoms with E-state index in [-0.39, 0.29) is 11.9 Å². The van der Waals surface area contributed by atoms with Crippen LogP contribution in [-0.4, -0.2) is 11.8 Å². The maximum absolute atomic E-state index is 12.4. The van der Waals surface area contributed by atoms with Crippen molar-refractivity contribution in [2.75, 3.05) is 0 Å². The van der Waals surface area contributed by atoms with Gasteiger partial charge in [0.25, 0.3) is 5.91 Å². The minimum absolute atomic E-state index is 0.136. The fraction of sp³-hybridized carbons (Fsp3) is 0.0909. The molecule has 0 aliphatic carbocycles. The van der Waals surface area contributed by atoms with Gasteiger partial charge in [-0.05, 0) is 47.9 Å². The summed E-state index contributed by atoms with van der Waals surface area (Å²) in [6.45, 7) is 1.94. The van der Waals surface area contributed by atoms with Crippen LogP contribution in [0.2, 0.25) is 0 Å². The van der Waals surface area contributed by atoms with E-state index in [1.54, 1.807) is 24.3 Å². The first-order chi connectivity index (χ1) is 12.5. The average Bonchev–Trinajstić information content (AvgIpc) is 2.68. The minimum atomic E-state index is -0.510. The quantitative estimate of drug-likeness (QED) is 0.736. The maximum Gasteiger partial charge on any atom is 0.251 e. The number of nitrogens with two attached hydrogens (primary N) is 1. The average molecular weight is 344 g/mol. The Morgan fingerprint density at radius 1 is 0.769 bits per heavy atom. The number of hydrogen-bond donors (Lipinski definition) is 2. The van der Waals surface area contributed by atoms with E-state index >= 15 is 0 Å². The number of carbonyl (C=O) groups is 2. The fourth-order valence-corrected chi connectivity index (χ4v) is 2.74. The van der Waals surface area contributed by atoms with Gasteiger partial charge in [-0.15, -0.1) is 0 Å². The van der Waals surface area contributed by atoms with Crippen molar-refractivity contribution in [1.29, 1.82) is 0 Å². The van der Waals surface area contributed by atoms with Gasteiger partial charge in [0.2, 0.25) is 5.91 Å². The fourth-order valence-electron chi connectivity index (χ4n) is 2.74. The first-order valence-electron chi connectivity index (χ1n) is 8.41. The molecule has 0 heterocycles. The summed E-state index contributed by atoms with van der Waals surface area (Å²) in [5, 5.41) is 2.97. The Balaban J connectivity index is 1.68. The summed E-state index contributed by atoms with van der Waals surface area (Å²) in [5.74, 6) is -0.704. The smallest absolute Gasteiger partial charge is 0.251 e. The summed E-state index contributed by atoms with van der Waals surface area (Å²) < 4.78 is 0. The van der Waals surface area contributed by atoms with Crippen molar-refractivity contribution in [1.82, 2.24) is 5.32 Å². The van der Waals surface area contributed by atoms with E-state index < -0.39 is 5.91 Å². The highest BCUT2D eigenvalue weighted by Crippen LogP contribution is 2.22. The van der Waals surface area contributed by atoms with Crippen LogP contribution in [0.3, 0.4) is 0 Å². The molecule has 0 radical (unpaired) electrons. The van der Waals surface area contributed by atoms with E-state index in [4.69, 9.17) is 5.73 Å². The molecule has 3 N–H and O–H groups in total. The molecule has 0 fully saturated rings. The molecule has 3 aromatic rings. The number of primary amides is 1. The van der Waals surface area contributed by atoms with Gasteiger partial charge in [-0.3, -0.25) is 9.59 Å². The van der Waals surface area contributed by atoms with Crippen LogP contribution in [0.5, 0.6) is 0 Å². The van der Waals surface area contributed by atoms with Crippen molar-refractivity contribution in [2.24, 2.45) is 5.73 Å². The molecule has 26 heavy (non-hydrogen) atoms. The molecule has 3 rings (SSSR count). The number of amides is 2. The summed E-state index contributed by atoms with van der Waals surface area (Å²) in [7, 11) is 0. The monoisotopic (exact) mass is 344 g/mol. The Morgan fingerprint density at radius 2 is 1.31 bits per heavy atom. The van der Waals surface area contributed by atoms with Crippen molar-refractivity contribution in [3.63, 3.8) is 0 Å². The summed E-state index contributed by atoms with van der Waals surface area (Å²) in [5.41, 5.74) is 9.39. The van der Waals surface area contributed by atoms with Gasteiger partial charge in [0.05, 0.1) is 6.04 Å². The summed E-state index contributed by atoms with van der Waals surface area (Å²) in [4.78, 5) is 23.5. The first-order valence-corrected chi connectivity index (χ1v) is 8.41. The molecule has 130 valence electrons. The Morgan fingerprint density at radius 3 is 1.88 bits per heavy atom. The molecule has 0 bridgehead atoms. The highest BCUT2D eigenvalue weighted by molar-refractivity contribution is 5.97. The van der Waals surface area contributed by atoms with Gasteiger partial charge < -0.3 is 11.1 Å². The van der Waals surface area contributed by atoms with Gasteiger partial charge in [-0.2, -0.15) is 0 Å². The largest absolute Gasteiger partial charge is 0.366 e. The third-order valence-electron chi connectivity index (χ3n) is 4.30. The zero-order chi connectivity index (χ0) is 18.5. The van der Waals surface area contributed by atoms with Gasteiger partial charge >= 0.3 is 0 Å². The second-order valence-electron chi connectivity index (χ2n) is 6.12. The minimum Gasteiger partial charge on any atom is -0.366 e. The lowest BCUT2D eigenvalue weighted by Crippen LogP contribution is -2.26. The summed E-state index contributed by atoms with van der Waals surface area (Å²) in [6.07, 6.45) is 0. The Bertz CT molecular complexity index is 901. The normalized spacial score (nSPS) is 11.6. The number of benzene rings is 3. The van der Waals surface area contributed by atoms with Gasteiger partial charge in [-0.25, -0.2) is 0 Å². The highest BCUT2D eigenvalue weighted by Gasteiger charge is 2.12. The molecule has 2 amide bonds. The van der Waals surface area contributed by atoms with Gasteiger partial charge in [-0.1, -0.05) is 54.6 Å². The number of carbonyl (C=O) groups excluding carboxylic acids is 2. The van der Waals surface area contributed by atoms with Crippen LogP contribution in [0, 0.1) is 0 Å².